The van der Waals surface area contributed by atoms with E-state index in [0.717, 1.165) is 32.5 Å². The minimum absolute atomic E-state index is 0.241. The zero-order chi connectivity index (χ0) is 14.2. The molecule has 0 amide bonds. The molecular formula is C15H25F3N2. The molecule has 2 aliphatic heterocycles. The van der Waals surface area contributed by atoms with Gasteiger partial charge in [-0.1, -0.05) is 6.42 Å². The summed E-state index contributed by atoms with van der Waals surface area (Å²) in [5.41, 5.74) is 0. The summed E-state index contributed by atoms with van der Waals surface area (Å²) >= 11 is 0. The lowest BCUT2D eigenvalue weighted by Gasteiger charge is -2.48. The maximum Gasteiger partial charge on any atom is 0.393 e. The van der Waals surface area contributed by atoms with Crippen molar-refractivity contribution in [2.75, 3.05) is 26.2 Å². The first kappa shape index (κ1) is 14.6. The van der Waals surface area contributed by atoms with Gasteiger partial charge in [-0.15, -0.1) is 0 Å². The lowest BCUT2D eigenvalue weighted by Crippen LogP contribution is -2.54. The lowest BCUT2D eigenvalue weighted by molar-refractivity contribution is -0.190. The van der Waals surface area contributed by atoms with Gasteiger partial charge in [0.25, 0.3) is 0 Å². The third kappa shape index (κ3) is 2.98. The quantitative estimate of drug-likeness (QED) is 0.798. The van der Waals surface area contributed by atoms with E-state index in [9.17, 15) is 13.2 Å². The number of nitrogens with one attached hydrogen (secondary N) is 1. The molecule has 2 saturated heterocycles. The van der Waals surface area contributed by atoms with Crippen molar-refractivity contribution in [2.45, 2.75) is 50.7 Å². The molecule has 1 aliphatic carbocycles. The van der Waals surface area contributed by atoms with Crippen molar-refractivity contribution >= 4 is 0 Å². The topological polar surface area (TPSA) is 15.3 Å². The number of likely N-dealkylation sites (tertiary alicyclic amines) is 1. The molecule has 5 heteroatoms. The van der Waals surface area contributed by atoms with E-state index >= 15 is 0 Å². The average molecular weight is 290 g/mol. The van der Waals surface area contributed by atoms with Crippen molar-refractivity contribution < 1.29 is 13.2 Å². The molecule has 1 N–H and O–H groups in total. The summed E-state index contributed by atoms with van der Waals surface area (Å²) in [6.45, 7) is 3.21. The first-order valence-corrected chi connectivity index (χ1v) is 8.07. The minimum atomic E-state index is -4.01. The molecule has 0 aromatic heterocycles. The number of hydrogen-bond acceptors (Lipinski definition) is 2. The summed E-state index contributed by atoms with van der Waals surface area (Å²) < 4.78 is 38.9. The van der Waals surface area contributed by atoms with Crippen LogP contribution in [-0.4, -0.2) is 43.3 Å². The Morgan fingerprint density at radius 1 is 1.00 bits per heavy atom. The highest BCUT2D eigenvalue weighted by molar-refractivity contribution is 4.94. The van der Waals surface area contributed by atoms with Crippen LogP contribution in [0.1, 0.15) is 38.5 Å². The molecule has 116 valence electrons. The van der Waals surface area contributed by atoms with Gasteiger partial charge >= 0.3 is 6.18 Å². The predicted molar refractivity (Wildman–Crippen MR) is 72.5 cm³/mol. The van der Waals surface area contributed by atoms with E-state index in [1.54, 1.807) is 0 Å². The summed E-state index contributed by atoms with van der Waals surface area (Å²) in [7, 11) is 0. The van der Waals surface area contributed by atoms with Crippen molar-refractivity contribution in [3.63, 3.8) is 0 Å². The van der Waals surface area contributed by atoms with Crippen LogP contribution in [0.4, 0.5) is 13.2 Å². The Bertz CT molecular complexity index is 330. The van der Waals surface area contributed by atoms with Crippen molar-refractivity contribution in [2.24, 2.45) is 17.8 Å². The fraction of sp³-hybridized carbons (Fsp3) is 1.00. The molecule has 0 aromatic carbocycles. The maximum atomic E-state index is 13.0. The highest BCUT2D eigenvalue weighted by Gasteiger charge is 2.45. The van der Waals surface area contributed by atoms with Gasteiger partial charge in [-0.05, 0) is 63.6 Å². The molecule has 2 nitrogen and oxygen atoms in total. The van der Waals surface area contributed by atoms with Gasteiger partial charge in [-0.3, -0.25) is 4.90 Å². The van der Waals surface area contributed by atoms with Gasteiger partial charge in [0.05, 0.1) is 5.92 Å². The van der Waals surface area contributed by atoms with Crippen LogP contribution in [0.2, 0.25) is 0 Å². The molecule has 1 saturated carbocycles. The van der Waals surface area contributed by atoms with E-state index < -0.39 is 12.1 Å². The Hall–Kier alpha value is -0.290. The second-order valence-electron chi connectivity index (χ2n) is 6.79. The SMILES string of the molecule is FC(F)(F)C1CCCN(C2CCCC3CNCCC32)C1. The van der Waals surface area contributed by atoms with E-state index in [-0.39, 0.29) is 6.54 Å². The van der Waals surface area contributed by atoms with E-state index in [2.05, 4.69) is 10.2 Å². The number of piperidine rings is 2. The Labute approximate surface area is 119 Å². The molecule has 3 rings (SSSR count). The molecular weight excluding hydrogens is 265 g/mol. The largest absolute Gasteiger partial charge is 0.393 e. The Morgan fingerprint density at radius 3 is 2.65 bits per heavy atom. The minimum Gasteiger partial charge on any atom is -0.316 e. The van der Waals surface area contributed by atoms with Crippen molar-refractivity contribution in [1.29, 1.82) is 0 Å². The van der Waals surface area contributed by atoms with Crippen molar-refractivity contribution in [3.8, 4) is 0 Å². The third-order valence-corrected chi connectivity index (χ3v) is 5.62. The number of fused-ring (bicyclic) bond motifs is 1. The summed E-state index contributed by atoms with van der Waals surface area (Å²) in [4.78, 5) is 2.18. The molecule has 3 aliphatic rings. The number of nitrogens with zero attached hydrogens (tertiary/aromatic N) is 1. The van der Waals surface area contributed by atoms with Gasteiger partial charge in [-0.2, -0.15) is 13.2 Å². The smallest absolute Gasteiger partial charge is 0.316 e. The van der Waals surface area contributed by atoms with Crippen molar-refractivity contribution in [3.05, 3.63) is 0 Å². The molecule has 0 aromatic rings. The molecule has 0 radical (unpaired) electrons. The Balaban J connectivity index is 1.67. The molecule has 20 heavy (non-hydrogen) atoms. The number of halogens is 3. The second kappa shape index (κ2) is 5.84. The molecule has 2 heterocycles. The summed E-state index contributed by atoms with van der Waals surface area (Å²) in [6, 6.07) is 0.404. The first-order chi connectivity index (χ1) is 9.55. The van der Waals surface area contributed by atoms with E-state index in [0.29, 0.717) is 30.7 Å². The van der Waals surface area contributed by atoms with Gasteiger partial charge < -0.3 is 5.32 Å². The molecule has 3 fully saturated rings. The van der Waals surface area contributed by atoms with Gasteiger partial charge in [-0.25, -0.2) is 0 Å². The third-order valence-electron chi connectivity index (χ3n) is 5.62. The summed E-state index contributed by atoms with van der Waals surface area (Å²) in [5.74, 6) is 0.212. The van der Waals surface area contributed by atoms with Crippen LogP contribution in [0.3, 0.4) is 0 Å². The fourth-order valence-electron chi connectivity index (χ4n) is 4.60. The van der Waals surface area contributed by atoms with Crippen LogP contribution >= 0.6 is 0 Å². The van der Waals surface area contributed by atoms with E-state index in [1.807, 2.05) is 0 Å². The molecule has 0 bridgehead atoms. The zero-order valence-electron chi connectivity index (χ0n) is 12.0. The van der Waals surface area contributed by atoms with Crippen LogP contribution in [-0.2, 0) is 0 Å². The Kier molecular flexibility index (Phi) is 4.27. The molecule has 4 atom stereocenters. The zero-order valence-corrected chi connectivity index (χ0v) is 12.0. The Morgan fingerprint density at radius 2 is 1.85 bits per heavy atom. The van der Waals surface area contributed by atoms with Gasteiger partial charge in [0.2, 0.25) is 0 Å². The number of alkyl halides is 3. The van der Waals surface area contributed by atoms with E-state index in [1.165, 1.54) is 12.8 Å². The van der Waals surface area contributed by atoms with Crippen LogP contribution < -0.4 is 5.32 Å². The van der Waals surface area contributed by atoms with Crippen molar-refractivity contribution in [1.82, 2.24) is 10.2 Å². The van der Waals surface area contributed by atoms with Crippen LogP contribution in [0, 0.1) is 17.8 Å². The molecule has 0 spiro atoms. The second-order valence-corrected chi connectivity index (χ2v) is 6.79. The number of rotatable bonds is 1. The highest BCUT2D eigenvalue weighted by Crippen LogP contribution is 2.40. The maximum absolute atomic E-state index is 13.0. The summed E-state index contributed by atoms with van der Waals surface area (Å²) in [5, 5.41) is 3.44. The average Bonchev–Trinajstić information content (AvgIpc) is 2.46. The standard InChI is InChI=1S/C15H25F3N2/c16-15(17,18)12-4-2-8-20(10-12)14-5-1-3-11-9-19-7-6-13(11)14/h11-14,19H,1-10H2. The highest BCUT2D eigenvalue weighted by atomic mass is 19.4. The van der Waals surface area contributed by atoms with Gasteiger partial charge in [0.1, 0.15) is 0 Å². The van der Waals surface area contributed by atoms with Gasteiger partial charge in [0.15, 0.2) is 0 Å². The fourth-order valence-corrected chi connectivity index (χ4v) is 4.60. The van der Waals surface area contributed by atoms with E-state index in [4.69, 9.17) is 0 Å². The predicted octanol–water partition coefficient (Wildman–Crippen LogP) is 3.04. The van der Waals surface area contributed by atoms with Crippen LogP contribution in [0.25, 0.3) is 0 Å². The van der Waals surface area contributed by atoms with Crippen LogP contribution in [0.5, 0.6) is 0 Å². The number of hydrogen-bond donors (Lipinski definition) is 1. The van der Waals surface area contributed by atoms with Gasteiger partial charge in [0, 0.05) is 12.6 Å². The van der Waals surface area contributed by atoms with Crippen LogP contribution in [0.15, 0.2) is 0 Å². The lowest BCUT2D eigenvalue weighted by atomic mass is 9.71. The molecule has 4 unspecified atom stereocenters. The monoisotopic (exact) mass is 290 g/mol. The first-order valence-electron chi connectivity index (χ1n) is 8.07. The summed E-state index contributed by atoms with van der Waals surface area (Å²) in [6.07, 6.45) is 1.69. The normalized spacial score (nSPS) is 40.4.